The third-order valence-corrected chi connectivity index (χ3v) is 5.20. The molecule has 0 radical (unpaired) electrons. The number of rotatable bonds is 17. The highest BCUT2D eigenvalue weighted by molar-refractivity contribution is 5.77. The second kappa shape index (κ2) is 17.0. The molecule has 0 aliphatic carbocycles. The molecule has 172 valence electrons. The summed E-state index contributed by atoms with van der Waals surface area (Å²) in [6.45, 7) is 15.7. The molecule has 2 N–H and O–H groups in total. The summed E-state index contributed by atoms with van der Waals surface area (Å²) in [4.78, 5) is 13.9. The van der Waals surface area contributed by atoms with Crippen LogP contribution in [0, 0.1) is 5.92 Å². The predicted octanol–water partition coefficient (Wildman–Crippen LogP) is 2.05. The van der Waals surface area contributed by atoms with Gasteiger partial charge < -0.3 is 29.7 Å². The number of piperidine rings is 1. The standard InChI is InChI=1S/C22H45N3O4/c1-5-6-20(4)24-21-7-10-25(11-8-21)12-14-28-16-18-29-17-15-27-13-9-23-22(26)19(2)3/h19-21,24H,5-18H2,1-4H3,(H,23,26). The van der Waals surface area contributed by atoms with Gasteiger partial charge in [0, 0.05) is 31.1 Å². The van der Waals surface area contributed by atoms with Crippen LogP contribution in [0.25, 0.3) is 0 Å². The van der Waals surface area contributed by atoms with E-state index in [0.717, 1.165) is 26.2 Å². The van der Waals surface area contributed by atoms with Crippen LogP contribution in [0.1, 0.15) is 53.4 Å². The van der Waals surface area contributed by atoms with Crippen LogP contribution in [0.4, 0.5) is 0 Å². The first-order chi connectivity index (χ1) is 14.0. The van der Waals surface area contributed by atoms with Crippen LogP contribution >= 0.6 is 0 Å². The second-order valence-electron chi connectivity index (χ2n) is 8.26. The lowest BCUT2D eigenvalue weighted by molar-refractivity contribution is -0.124. The SMILES string of the molecule is CCCC(C)NC1CCN(CCOCCOCCOCCNC(=O)C(C)C)CC1. The van der Waals surface area contributed by atoms with Crippen molar-refractivity contribution in [2.45, 2.75) is 65.5 Å². The molecule has 1 rings (SSSR count). The number of likely N-dealkylation sites (tertiary alicyclic amines) is 1. The van der Waals surface area contributed by atoms with Gasteiger partial charge in [-0.15, -0.1) is 0 Å². The van der Waals surface area contributed by atoms with Crippen molar-refractivity contribution in [3.05, 3.63) is 0 Å². The van der Waals surface area contributed by atoms with Crippen LogP contribution in [0.2, 0.25) is 0 Å². The average molecular weight is 416 g/mol. The van der Waals surface area contributed by atoms with E-state index < -0.39 is 0 Å². The molecule has 0 saturated carbocycles. The maximum absolute atomic E-state index is 11.4. The third kappa shape index (κ3) is 14.0. The molecule has 0 spiro atoms. The highest BCUT2D eigenvalue weighted by atomic mass is 16.5. The second-order valence-corrected chi connectivity index (χ2v) is 8.26. The van der Waals surface area contributed by atoms with Crippen LogP contribution < -0.4 is 10.6 Å². The minimum Gasteiger partial charge on any atom is -0.378 e. The third-order valence-electron chi connectivity index (χ3n) is 5.20. The summed E-state index contributed by atoms with van der Waals surface area (Å²) >= 11 is 0. The molecular formula is C22H45N3O4. The molecule has 1 saturated heterocycles. The van der Waals surface area contributed by atoms with E-state index in [1.165, 1.54) is 25.7 Å². The van der Waals surface area contributed by atoms with Crippen LogP contribution in [0.15, 0.2) is 0 Å². The van der Waals surface area contributed by atoms with E-state index in [1.807, 2.05) is 13.8 Å². The summed E-state index contributed by atoms with van der Waals surface area (Å²) in [6, 6.07) is 1.31. The van der Waals surface area contributed by atoms with Crippen molar-refractivity contribution in [3.63, 3.8) is 0 Å². The molecule has 0 bridgehead atoms. The number of amides is 1. The molecule has 1 fully saturated rings. The number of nitrogens with zero attached hydrogens (tertiary/aromatic N) is 1. The van der Waals surface area contributed by atoms with Crippen LogP contribution in [0.3, 0.4) is 0 Å². The van der Waals surface area contributed by atoms with Gasteiger partial charge in [-0.25, -0.2) is 0 Å². The molecule has 0 aromatic carbocycles. The zero-order chi connectivity index (χ0) is 21.3. The summed E-state index contributed by atoms with van der Waals surface area (Å²) in [5, 5.41) is 6.58. The Labute approximate surface area is 178 Å². The minimum atomic E-state index is 0.0153. The van der Waals surface area contributed by atoms with Gasteiger partial charge >= 0.3 is 0 Å². The Balaban J connectivity index is 1.83. The fraction of sp³-hybridized carbons (Fsp3) is 0.955. The normalized spacial score (nSPS) is 17.0. The summed E-state index contributed by atoms with van der Waals surface area (Å²) in [6.07, 6.45) is 4.98. The van der Waals surface area contributed by atoms with Crippen molar-refractivity contribution in [2.75, 3.05) is 65.8 Å². The Kier molecular flexibility index (Phi) is 15.4. The first kappa shape index (κ1) is 26.3. The van der Waals surface area contributed by atoms with Gasteiger partial charge in [-0.2, -0.15) is 0 Å². The largest absolute Gasteiger partial charge is 0.378 e. The van der Waals surface area contributed by atoms with Gasteiger partial charge in [0.25, 0.3) is 0 Å². The fourth-order valence-electron chi connectivity index (χ4n) is 3.43. The zero-order valence-corrected chi connectivity index (χ0v) is 19.2. The van der Waals surface area contributed by atoms with Crippen LogP contribution in [-0.2, 0) is 19.0 Å². The first-order valence-corrected chi connectivity index (χ1v) is 11.5. The first-order valence-electron chi connectivity index (χ1n) is 11.5. The maximum Gasteiger partial charge on any atom is 0.222 e. The average Bonchev–Trinajstić information content (AvgIpc) is 2.70. The van der Waals surface area contributed by atoms with Crippen molar-refractivity contribution >= 4 is 5.91 Å². The molecule has 7 heteroatoms. The molecule has 0 aromatic rings. The van der Waals surface area contributed by atoms with Crippen molar-refractivity contribution in [2.24, 2.45) is 5.92 Å². The summed E-state index contributed by atoms with van der Waals surface area (Å²) in [5.41, 5.74) is 0. The fourth-order valence-corrected chi connectivity index (χ4v) is 3.43. The molecule has 7 nitrogen and oxygen atoms in total. The van der Waals surface area contributed by atoms with Crippen molar-refractivity contribution in [3.8, 4) is 0 Å². The quantitative estimate of drug-likeness (QED) is 0.354. The number of ether oxygens (including phenoxy) is 3. The molecule has 1 amide bonds. The highest BCUT2D eigenvalue weighted by Gasteiger charge is 2.19. The van der Waals surface area contributed by atoms with Gasteiger partial charge in [-0.3, -0.25) is 4.79 Å². The number of carbonyl (C=O) groups excluding carboxylic acids is 1. The molecule has 1 heterocycles. The summed E-state index contributed by atoms with van der Waals surface area (Å²) < 4.78 is 16.6. The molecule has 0 aromatic heterocycles. The van der Waals surface area contributed by atoms with E-state index in [0.29, 0.717) is 51.7 Å². The van der Waals surface area contributed by atoms with Gasteiger partial charge in [0.2, 0.25) is 5.91 Å². The van der Waals surface area contributed by atoms with Crippen molar-refractivity contribution in [1.82, 2.24) is 15.5 Å². The lowest BCUT2D eigenvalue weighted by atomic mass is 10.0. The van der Waals surface area contributed by atoms with Gasteiger partial charge in [0.05, 0.1) is 39.6 Å². The molecule has 1 aliphatic rings. The lowest BCUT2D eigenvalue weighted by Gasteiger charge is -2.33. The van der Waals surface area contributed by atoms with E-state index in [9.17, 15) is 4.79 Å². The monoisotopic (exact) mass is 415 g/mol. The molecule has 1 atom stereocenters. The van der Waals surface area contributed by atoms with Crippen molar-refractivity contribution < 1.29 is 19.0 Å². The van der Waals surface area contributed by atoms with Gasteiger partial charge in [-0.1, -0.05) is 27.2 Å². The van der Waals surface area contributed by atoms with E-state index in [4.69, 9.17) is 14.2 Å². The molecule has 1 unspecified atom stereocenters. The highest BCUT2D eigenvalue weighted by Crippen LogP contribution is 2.11. The Morgan fingerprint density at radius 3 is 2.14 bits per heavy atom. The van der Waals surface area contributed by atoms with E-state index in [2.05, 4.69) is 29.4 Å². The topological polar surface area (TPSA) is 72.1 Å². The van der Waals surface area contributed by atoms with Gasteiger partial charge in [-0.05, 0) is 39.3 Å². The smallest absolute Gasteiger partial charge is 0.222 e. The lowest BCUT2D eigenvalue weighted by Crippen LogP contribution is -2.46. The van der Waals surface area contributed by atoms with Crippen LogP contribution in [-0.4, -0.2) is 88.7 Å². The number of hydrogen-bond acceptors (Lipinski definition) is 6. The van der Waals surface area contributed by atoms with E-state index in [-0.39, 0.29) is 11.8 Å². The molecule has 1 aliphatic heterocycles. The molecular weight excluding hydrogens is 370 g/mol. The zero-order valence-electron chi connectivity index (χ0n) is 19.2. The summed E-state index contributed by atoms with van der Waals surface area (Å²) in [5.74, 6) is 0.0751. The summed E-state index contributed by atoms with van der Waals surface area (Å²) in [7, 11) is 0. The van der Waals surface area contributed by atoms with Gasteiger partial charge in [0.1, 0.15) is 0 Å². The number of carbonyl (C=O) groups is 1. The maximum atomic E-state index is 11.4. The van der Waals surface area contributed by atoms with Crippen molar-refractivity contribution in [1.29, 1.82) is 0 Å². The predicted molar refractivity (Wildman–Crippen MR) is 117 cm³/mol. The molecule has 29 heavy (non-hydrogen) atoms. The van der Waals surface area contributed by atoms with E-state index >= 15 is 0 Å². The number of hydrogen-bond donors (Lipinski definition) is 2. The van der Waals surface area contributed by atoms with E-state index in [1.54, 1.807) is 0 Å². The Morgan fingerprint density at radius 2 is 1.55 bits per heavy atom. The Hall–Kier alpha value is -0.730. The van der Waals surface area contributed by atoms with Gasteiger partial charge in [0.15, 0.2) is 0 Å². The number of nitrogens with one attached hydrogen (secondary N) is 2. The Morgan fingerprint density at radius 1 is 0.966 bits per heavy atom. The Bertz CT molecular complexity index is 402. The van der Waals surface area contributed by atoms with Crippen LogP contribution in [0.5, 0.6) is 0 Å². The minimum absolute atomic E-state index is 0.0153.